The van der Waals surface area contributed by atoms with Gasteiger partial charge in [0, 0.05) is 13.5 Å². The van der Waals surface area contributed by atoms with Gasteiger partial charge < -0.3 is 26.8 Å². The summed E-state index contributed by atoms with van der Waals surface area (Å²) in [5.41, 5.74) is 4.88. The lowest BCUT2D eigenvalue weighted by Crippen LogP contribution is -2.48. The number of hydrogen-bond donors (Lipinski definition) is 5. The van der Waals surface area contributed by atoms with Crippen LogP contribution in [0, 0.1) is 0 Å². The second kappa shape index (κ2) is 7.87. The zero-order valence-electron chi connectivity index (χ0n) is 9.86. The molecule has 1 atom stereocenters. The van der Waals surface area contributed by atoms with Gasteiger partial charge in [0.1, 0.15) is 6.04 Å². The van der Waals surface area contributed by atoms with Gasteiger partial charge in [-0.3, -0.25) is 9.59 Å². The summed E-state index contributed by atoms with van der Waals surface area (Å²) in [6, 6.07) is -2.04. The van der Waals surface area contributed by atoms with E-state index in [0.29, 0.717) is 0 Å². The zero-order chi connectivity index (χ0) is 14.1. The van der Waals surface area contributed by atoms with E-state index in [-0.39, 0.29) is 19.4 Å². The first kappa shape index (κ1) is 15.7. The minimum atomic E-state index is -1.29. The van der Waals surface area contributed by atoms with Crippen molar-refractivity contribution in [3.05, 3.63) is 0 Å². The minimum absolute atomic E-state index is 0.113. The third-order valence-corrected chi connectivity index (χ3v) is 1.97. The normalized spacial score (nSPS) is 11.2. The summed E-state index contributed by atoms with van der Waals surface area (Å²) >= 11 is 0. The van der Waals surface area contributed by atoms with Gasteiger partial charge in [-0.05, 0) is 6.42 Å². The van der Waals surface area contributed by atoms with Crippen molar-refractivity contribution in [1.29, 1.82) is 0 Å². The molecule has 102 valence electrons. The number of amides is 4. The molecule has 0 saturated carbocycles. The van der Waals surface area contributed by atoms with Crippen LogP contribution in [-0.2, 0) is 14.4 Å². The molecule has 9 heteroatoms. The molecule has 4 amide bonds. The van der Waals surface area contributed by atoms with Crippen LogP contribution in [0.25, 0.3) is 0 Å². The number of primary amides is 1. The summed E-state index contributed by atoms with van der Waals surface area (Å²) in [5, 5.41) is 15.3. The number of likely N-dealkylation sites (N-methyl/N-ethyl adjacent to an activating group) is 1. The van der Waals surface area contributed by atoms with Crippen LogP contribution in [0.1, 0.15) is 12.8 Å². The van der Waals surface area contributed by atoms with Gasteiger partial charge in [0.25, 0.3) is 0 Å². The smallest absolute Gasteiger partial charge is 0.326 e. The third kappa shape index (κ3) is 7.04. The second-order valence-corrected chi connectivity index (χ2v) is 3.40. The van der Waals surface area contributed by atoms with Crippen molar-refractivity contribution in [2.24, 2.45) is 5.73 Å². The molecular weight excluding hydrogens is 244 g/mol. The number of nitrogens with one attached hydrogen (secondary N) is 3. The summed E-state index contributed by atoms with van der Waals surface area (Å²) in [6.07, 6.45) is -0.273. The van der Waals surface area contributed by atoms with Crippen LogP contribution in [0.4, 0.5) is 4.79 Å². The highest BCUT2D eigenvalue weighted by Gasteiger charge is 2.20. The maximum atomic E-state index is 11.2. The van der Waals surface area contributed by atoms with Crippen LogP contribution >= 0.6 is 0 Å². The van der Waals surface area contributed by atoms with E-state index in [9.17, 15) is 19.2 Å². The largest absolute Gasteiger partial charge is 0.480 e. The van der Waals surface area contributed by atoms with Crippen molar-refractivity contribution in [2.45, 2.75) is 18.9 Å². The Morgan fingerprint density at radius 3 is 2.33 bits per heavy atom. The summed E-state index contributed by atoms with van der Waals surface area (Å²) in [4.78, 5) is 43.3. The van der Waals surface area contributed by atoms with Gasteiger partial charge in [-0.2, -0.15) is 0 Å². The lowest BCUT2D eigenvalue weighted by molar-refractivity contribution is -0.139. The van der Waals surface area contributed by atoms with Crippen LogP contribution in [0.2, 0.25) is 0 Å². The number of rotatable bonds is 7. The average molecular weight is 260 g/mol. The van der Waals surface area contributed by atoms with E-state index in [1.807, 2.05) is 0 Å². The average Bonchev–Trinajstić information content (AvgIpc) is 2.30. The molecule has 0 radical (unpaired) electrons. The van der Waals surface area contributed by atoms with E-state index in [2.05, 4.69) is 16.0 Å². The quantitative estimate of drug-likeness (QED) is 0.350. The SMILES string of the molecule is CNC(=O)CNC(=O)N[C@@H](CCC(N)=O)C(=O)O. The molecule has 0 aromatic carbocycles. The molecule has 0 aliphatic rings. The molecule has 0 saturated heterocycles. The number of carbonyl (C=O) groups is 4. The lowest BCUT2D eigenvalue weighted by Gasteiger charge is -2.14. The van der Waals surface area contributed by atoms with Crippen molar-refractivity contribution >= 4 is 23.8 Å². The maximum Gasteiger partial charge on any atom is 0.326 e. The molecule has 18 heavy (non-hydrogen) atoms. The molecule has 6 N–H and O–H groups in total. The van der Waals surface area contributed by atoms with E-state index in [0.717, 1.165) is 0 Å². The van der Waals surface area contributed by atoms with E-state index in [1.165, 1.54) is 7.05 Å². The number of carboxylic acids is 1. The van der Waals surface area contributed by atoms with Crippen molar-refractivity contribution in [2.75, 3.05) is 13.6 Å². The molecule has 0 fully saturated rings. The summed E-state index contributed by atoms with van der Waals surface area (Å²) in [7, 11) is 1.40. The minimum Gasteiger partial charge on any atom is -0.480 e. The van der Waals surface area contributed by atoms with Crippen LogP contribution < -0.4 is 21.7 Å². The molecule has 0 unspecified atom stereocenters. The first-order valence-corrected chi connectivity index (χ1v) is 5.13. The Kier molecular flexibility index (Phi) is 6.86. The number of nitrogens with two attached hydrogens (primary N) is 1. The zero-order valence-corrected chi connectivity index (χ0v) is 9.86. The lowest BCUT2D eigenvalue weighted by atomic mass is 10.1. The predicted octanol–water partition coefficient (Wildman–Crippen LogP) is -2.25. The Balaban J connectivity index is 4.15. The van der Waals surface area contributed by atoms with Gasteiger partial charge in [0.15, 0.2) is 0 Å². The van der Waals surface area contributed by atoms with Crippen LogP contribution in [0.5, 0.6) is 0 Å². The number of carbonyl (C=O) groups excluding carboxylic acids is 3. The van der Waals surface area contributed by atoms with Gasteiger partial charge in [-0.15, -0.1) is 0 Å². The van der Waals surface area contributed by atoms with Crippen LogP contribution in [0.3, 0.4) is 0 Å². The molecule has 0 aliphatic carbocycles. The first-order valence-electron chi connectivity index (χ1n) is 5.13. The molecule has 0 aromatic heterocycles. The highest BCUT2D eigenvalue weighted by atomic mass is 16.4. The Hall–Kier alpha value is -2.32. The van der Waals surface area contributed by atoms with E-state index in [1.54, 1.807) is 0 Å². The number of aliphatic carboxylic acids is 1. The van der Waals surface area contributed by atoms with Gasteiger partial charge in [-0.25, -0.2) is 9.59 Å². The Morgan fingerprint density at radius 2 is 1.89 bits per heavy atom. The summed E-state index contributed by atoms with van der Waals surface area (Å²) < 4.78 is 0. The fourth-order valence-corrected chi connectivity index (χ4v) is 1.00. The number of urea groups is 1. The van der Waals surface area contributed by atoms with E-state index >= 15 is 0 Å². The predicted molar refractivity (Wildman–Crippen MR) is 60.5 cm³/mol. The molecule has 0 heterocycles. The monoisotopic (exact) mass is 260 g/mol. The second-order valence-electron chi connectivity index (χ2n) is 3.40. The molecule has 0 aliphatic heterocycles. The van der Waals surface area contributed by atoms with Crippen molar-refractivity contribution in [1.82, 2.24) is 16.0 Å². The number of hydrogen-bond acceptors (Lipinski definition) is 4. The topological polar surface area (TPSA) is 151 Å². The molecule has 0 bridgehead atoms. The Morgan fingerprint density at radius 1 is 1.28 bits per heavy atom. The summed E-state index contributed by atoms with van der Waals surface area (Å²) in [5.74, 6) is -2.37. The van der Waals surface area contributed by atoms with Crippen LogP contribution in [-0.4, -0.2) is 48.6 Å². The molecule has 0 rings (SSSR count). The molecule has 9 nitrogen and oxygen atoms in total. The fraction of sp³-hybridized carbons (Fsp3) is 0.556. The fourth-order valence-electron chi connectivity index (χ4n) is 1.00. The molecule has 0 aromatic rings. The first-order chi connectivity index (χ1) is 8.36. The van der Waals surface area contributed by atoms with Gasteiger partial charge >= 0.3 is 12.0 Å². The standard InChI is InChI=1S/C9H16N4O5/c1-11-7(15)4-12-9(18)13-5(8(16)17)2-3-6(10)14/h5H,2-4H2,1H3,(H2,10,14)(H,11,15)(H,16,17)(H2,12,13,18)/t5-/m0/s1. The number of carboxylic acid groups (broad SMARTS) is 1. The van der Waals surface area contributed by atoms with Gasteiger partial charge in [-0.1, -0.05) is 0 Å². The van der Waals surface area contributed by atoms with Crippen LogP contribution in [0.15, 0.2) is 0 Å². The highest BCUT2D eigenvalue weighted by Crippen LogP contribution is 1.97. The molecular formula is C9H16N4O5. The van der Waals surface area contributed by atoms with Gasteiger partial charge in [0.2, 0.25) is 11.8 Å². The van der Waals surface area contributed by atoms with Crippen molar-refractivity contribution in [3.63, 3.8) is 0 Å². The summed E-state index contributed by atoms with van der Waals surface area (Å²) in [6.45, 7) is -0.273. The maximum absolute atomic E-state index is 11.2. The molecule has 0 spiro atoms. The Labute approximate surface area is 103 Å². The van der Waals surface area contributed by atoms with E-state index < -0.39 is 29.9 Å². The Bertz CT molecular complexity index is 344. The van der Waals surface area contributed by atoms with Crippen molar-refractivity contribution < 1.29 is 24.3 Å². The third-order valence-electron chi connectivity index (χ3n) is 1.97. The van der Waals surface area contributed by atoms with Gasteiger partial charge in [0.05, 0.1) is 6.54 Å². The van der Waals surface area contributed by atoms with E-state index in [4.69, 9.17) is 10.8 Å². The van der Waals surface area contributed by atoms with Crippen molar-refractivity contribution in [3.8, 4) is 0 Å². The highest BCUT2D eigenvalue weighted by molar-refractivity contribution is 5.86.